The molecule has 8 nitrogen and oxygen atoms in total. The van der Waals surface area contributed by atoms with E-state index in [1.165, 1.54) is 13.2 Å². The van der Waals surface area contributed by atoms with Crippen LogP contribution in [0.3, 0.4) is 0 Å². The van der Waals surface area contributed by atoms with Gasteiger partial charge in [-0.25, -0.2) is 9.67 Å². The molecule has 0 radical (unpaired) electrons. The molecule has 3 heterocycles. The molecule has 1 aliphatic rings. The van der Waals surface area contributed by atoms with E-state index >= 15 is 0 Å². The molecular weight excluding hydrogens is 349 g/mol. The smallest absolute Gasteiger partial charge is 0.352 e. The Morgan fingerprint density at radius 2 is 2.15 bits per heavy atom. The third kappa shape index (κ3) is 3.97. The number of alkyl halides is 3. The van der Waals surface area contributed by atoms with Crippen LogP contribution < -0.4 is 10.6 Å². The fraction of sp³-hybridized carbons (Fsp3) is 0.600. The number of aromatic nitrogens is 5. The van der Waals surface area contributed by atoms with Gasteiger partial charge in [0.2, 0.25) is 0 Å². The molecule has 2 aromatic heterocycles. The summed E-state index contributed by atoms with van der Waals surface area (Å²) in [6.45, 7) is 2.46. The minimum absolute atomic E-state index is 0.0250. The molecule has 11 heteroatoms. The standard InChI is InChI=1S/C15H21F3N8/c1-9-21-12-5-4-11(8-26(12)23-9)22-14(19-2)20-6-10-7-25(3)24-13(10)15(16,17)18/h7,11H,4-6,8H2,1-3H3,(H2,19,20,22). The molecule has 2 N–H and O–H groups in total. The molecule has 1 unspecified atom stereocenters. The van der Waals surface area contributed by atoms with Crippen LogP contribution in [0.1, 0.15) is 29.3 Å². The Morgan fingerprint density at radius 1 is 1.38 bits per heavy atom. The maximum absolute atomic E-state index is 13.0. The summed E-state index contributed by atoms with van der Waals surface area (Å²) in [4.78, 5) is 8.46. The third-order valence-corrected chi connectivity index (χ3v) is 4.15. The number of hydrogen-bond donors (Lipinski definition) is 2. The van der Waals surface area contributed by atoms with Crippen molar-refractivity contribution in [3.05, 3.63) is 29.1 Å². The Hall–Kier alpha value is -2.59. The topological polar surface area (TPSA) is 84.9 Å². The van der Waals surface area contributed by atoms with E-state index in [9.17, 15) is 13.2 Å². The van der Waals surface area contributed by atoms with E-state index in [1.807, 2.05) is 11.6 Å². The van der Waals surface area contributed by atoms with Crippen molar-refractivity contribution in [3.63, 3.8) is 0 Å². The second-order valence-corrected chi connectivity index (χ2v) is 6.24. The second kappa shape index (κ2) is 6.96. The summed E-state index contributed by atoms with van der Waals surface area (Å²) in [5.41, 5.74) is -0.816. The van der Waals surface area contributed by atoms with Crippen LogP contribution in [0.25, 0.3) is 0 Å². The monoisotopic (exact) mass is 370 g/mol. The number of nitrogens with one attached hydrogen (secondary N) is 2. The van der Waals surface area contributed by atoms with Gasteiger partial charge in [0.15, 0.2) is 11.7 Å². The summed E-state index contributed by atoms with van der Waals surface area (Å²) < 4.78 is 42.1. The van der Waals surface area contributed by atoms with Gasteiger partial charge in [-0.15, -0.1) is 0 Å². The van der Waals surface area contributed by atoms with Gasteiger partial charge in [0.1, 0.15) is 11.6 Å². The Balaban J connectivity index is 1.61. The summed E-state index contributed by atoms with van der Waals surface area (Å²) in [5, 5.41) is 14.0. The van der Waals surface area contributed by atoms with Gasteiger partial charge in [-0.05, 0) is 13.3 Å². The molecule has 0 bridgehead atoms. The van der Waals surface area contributed by atoms with Gasteiger partial charge in [0, 0.05) is 44.9 Å². The van der Waals surface area contributed by atoms with Crippen LogP contribution >= 0.6 is 0 Å². The number of fused-ring (bicyclic) bond motifs is 1. The number of guanidine groups is 1. The Morgan fingerprint density at radius 3 is 2.85 bits per heavy atom. The Labute approximate surface area is 148 Å². The molecule has 0 fully saturated rings. The molecule has 0 saturated carbocycles. The van der Waals surface area contributed by atoms with Crippen LogP contribution in [0.5, 0.6) is 0 Å². The number of rotatable bonds is 3. The van der Waals surface area contributed by atoms with E-state index in [0.29, 0.717) is 12.5 Å². The van der Waals surface area contributed by atoms with E-state index in [4.69, 9.17) is 0 Å². The van der Waals surface area contributed by atoms with Crippen molar-refractivity contribution in [3.8, 4) is 0 Å². The van der Waals surface area contributed by atoms with Gasteiger partial charge >= 0.3 is 6.18 Å². The number of hydrogen-bond acceptors (Lipinski definition) is 4. The highest BCUT2D eigenvalue weighted by Gasteiger charge is 2.36. The van der Waals surface area contributed by atoms with Gasteiger partial charge < -0.3 is 10.6 Å². The highest BCUT2D eigenvalue weighted by molar-refractivity contribution is 5.80. The zero-order chi connectivity index (χ0) is 18.9. The first-order chi connectivity index (χ1) is 12.3. The maximum atomic E-state index is 13.0. The lowest BCUT2D eigenvalue weighted by Crippen LogP contribution is -2.46. The van der Waals surface area contributed by atoms with E-state index in [2.05, 4.69) is 30.8 Å². The summed E-state index contributed by atoms with van der Waals surface area (Å²) in [7, 11) is 3.04. The quantitative estimate of drug-likeness (QED) is 0.623. The fourth-order valence-corrected chi connectivity index (χ4v) is 3.02. The van der Waals surface area contributed by atoms with Gasteiger partial charge in [0.05, 0.1) is 6.54 Å². The Bertz CT molecular complexity index is 804. The van der Waals surface area contributed by atoms with Gasteiger partial charge in [-0.1, -0.05) is 0 Å². The Kier molecular flexibility index (Phi) is 4.88. The third-order valence-electron chi connectivity index (χ3n) is 4.15. The van der Waals surface area contributed by atoms with E-state index in [0.717, 1.165) is 29.2 Å². The number of nitrogens with zero attached hydrogens (tertiary/aromatic N) is 6. The lowest BCUT2D eigenvalue weighted by atomic mass is 10.1. The van der Waals surface area contributed by atoms with Crippen LogP contribution in [0.4, 0.5) is 13.2 Å². The zero-order valence-corrected chi connectivity index (χ0v) is 14.8. The minimum Gasteiger partial charge on any atom is -0.352 e. The van der Waals surface area contributed by atoms with Crippen molar-refractivity contribution in [1.29, 1.82) is 0 Å². The van der Waals surface area contributed by atoms with Crippen molar-refractivity contribution in [2.24, 2.45) is 12.0 Å². The first-order valence-electron chi connectivity index (χ1n) is 8.23. The van der Waals surface area contributed by atoms with E-state index < -0.39 is 11.9 Å². The van der Waals surface area contributed by atoms with E-state index in [1.54, 1.807) is 7.05 Å². The highest BCUT2D eigenvalue weighted by atomic mass is 19.4. The molecule has 142 valence electrons. The first-order valence-corrected chi connectivity index (χ1v) is 8.23. The molecule has 0 aromatic carbocycles. The van der Waals surface area contributed by atoms with Crippen molar-refractivity contribution in [2.45, 2.75) is 45.1 Å². The van der Waals surface area contributed by atoms with E-state index in [-0.39, 0.29) is 18.2 Å². The second-order valence-electron chi connectivity index (χ2n) is 6.24. The first kappa shape index (κ1) is 18.2. The molecule has 26 heavy (non-hydrogen) atoms. The molecule has 1 atom stereocenters. The predicted octanol–water partition coefficient (Wildman–Crippen LogP) is 1.02. The number of halogens is 3. The SMILES string of the molecule is CN=C(NCc1cn(C)nc1C(F)(F)F)NC1CCc2nc(C)nn2C1. The normalized spacial score (nSPS) is 17.9. The highest BCUT2D eigenvalue weighted by Crippen LogP contribution is 2.30. The van der Waals surface area contributed by atoms with Crippen LogP contribution in [0.15, 0.2) is 11.2 Å². The molecule has 3 rings (SSSR count). The average molecular weight is 370 g/mol. The number of aliphatic imine (C=N–C) groups is 1. The number of aryl methyl sites for hydroxylation is 3. The summed E-state index contributed by atoms with van der Waals surface area (Å²) in [5.74, 6) is 2.13. The lowest BCUT2D eigenvalue weighted by molar-refractivity contribution is -0.142. The van der Waals surface area contributed by atoms with Crippen molar-refractivity contribution >= 4 is 5.96 Å². The van der Waals surface area contributed by atoms with Crippen molar-refractivity contribution < 1.29 is 13.2 Å². The molecular formula is C15H21F3N8. The zero-order valence-electron chi connectivity index (χ0n) is 14.8. The summed E-state index contributed by atoms with van der Waals surface area (Å²) >= 11 is 0. The van der Waals surface area contributed by atoms with Crippen LogP contribution in [0.2, 0.25) is 0 Å². The van der Waals surface area contributed by atoms with Crippen molar-refractivity contribution in [1.82, 2.24) is 35.2 Å². The predicted molar refractivity (Wildman–Crippen MR) is 88.4 cm³/mol. The molecule has 0 amide bonds. The maximum Gasteiger partial charge on any atom is 0.435 e. The van der Waals surface area contributed by atoms with Gasteiger partial charge in [0.25, 0.3) is 0 Å². The van der Waals surface area contributed by atoms with Gasteiger partial charge in [-0.2, -0.15) is 23.4 Å². The minimum atomic E-state index is -4.49. The lowest BCUT2D eigenvalue weighted by Gasteiger charge is -2.25. The largest absolute Gasteiger partial charge is 0.435 e. The molecule has 0 spiro atoms. The van der Waals surface area contributed by atoms with Crippen LogP contribution in [-0.4, -0.2) is 43.6 Å². The van der Waals surface area contributed by atoms with Crippen molar-refractivity contribution in [2.75, 3.05) is 7.05 Å². The molecule has 0 saturated heterocycles. The molecule has 1 aliphatic heterocycles. The van der Waals surface area contributed by atoms with Crippen LogP contribution in [-0.2, 0) is 32.7 Å². The fourth-order valence-electron chi connectivity index (χ4n) is 3.02. The summed E-state index contributed by atoms with van der Waals surface area (Å²) in [6.07, 6.45) is -1.50. The summed E-state index contributed by atoms with van der Waals surface area (Å²) in [6, 6.07) is 0.0748. The van der Waals surface area contributed by atoms with Gasteiger partial charge in [-0.3, -0.25) is 9.67 Å². The molecule has 0 aliphatic carbocycles. The molecule has 2 aromatic rings. The van der Waals surface area contributed by atoms with Crippen LogP contribution in [0, 0.1) is 6.92 Å². The average Bonchev–Trinajstić information content (AvgIpc) is 3.12.